The predicted octanol–water partition coefficient (Wildman–Crippen LogP) is 4.79. The lowest BCUT2D eigenvalue weighted by atomic mass is 9.98. The second-order valence-electron chi connectivity index (χ2n) is 7.72. The highest BCUT2D eigenvalue weighted by atomic mass is 16.5. The highest BCUT2D eigenvalue weighted by Crippen LogP contribution is 2.25. The molecule has 0 atom stereocenters. The number of fused-ring (bicyclic) bond motifs is 1. The van der Waals surface area contributed by atoms with Crippen molar-refractivity contribution >= 4 is 17.5 Å². The summed E-state index contributed by atoms with van der Waals surface area (Å²) in [7, 11) is 0. The number of benzene rings is 3. The Balaban J connectivity index is 1.30. The van der Waals surface area contributed by atoms with Crippen molar-refractivity contribution in [3.05, 3.63) is 107 Å². The second-order valence-corrected chi connectivity index (χ2v) is 7.72. The topological polar surface area (TPSA) is 75.4 Å². The number of hydrogen-bond acceptors (Lipinski definition) is 4. The van der Waals surface area contributed by atoms with Crippen LogP contribution in [0.2, 0.25) is 0 Å². The molecule has 1 aliphatic rings. The average Bonchev–Trinajstić information content (AvgIpc) is 3.35. The van der Waals surface area contributed by atoms with Crippen molar-refractivity contribution in [2.75, 3.05) is 11.9 Å². The molecular weight excluding hydrogens is 402 g/mol. The maximum Gasteiger partial charge on any atom is 0.277 e. The zero-order valence-corrected chi connectivity index (χ0v) is 17.3. The first-order valence-corrected chi connectivity index (χ1v) is 10.5. The quantitative estimate of drug-likeness (QED) is 0.512. The Hall–Kier alpha value is -4.19. The lowest BCUT2D eigenvalue weighted by Crippen LogP contribution is -2.36. The van der Waals surface area contributed by atoms with Crippen LogP contribution in [0.3, 0.4) is 0 Å². The Bertz CT molecular complexity index is 1270. The Morgan fingerprint density at radius 1 is 0.875 bits per heavy atom. The van der Waals surface area contributed by atoms with Crippen LogP contribution in [0.25, 0.3) is 11.3 Å². The Morgan fingerprint density at radius 3 is 2.41 bits per heavy atom. The van der Waals surface area contributed by atoms with Gasteiger partial charge in [-0.15, -0.1) is 0 Å². The molecule has 1 N–H and O–H groups in total. The summed E-state index contributed by atoms with van der Waals surface area (Å²) in [5.41, 5.74) is 4.63. The smallest absolute Gasteiger partial charge is 0.277 e. The number of carbonyl (C=O) groups is 2. The van der Waals surface area contributed by atoms with Gasteiger partial charge in [-0.3, -0.25) is 9.59 Å². The predicted molar refractivity (Wildman–Crippen MR) is 121 cm³/mol. The summed E-state index contributed by atoms with van der Waals surface area (Å²) in [6, 6.07) is 26.2. The van der Waals surface area contributed by atoms with Gasteiger partial charge in [-0.25, -0.2) is 0 Å². The maximum absolute atomic E-state index is 12.8. The Labute approximate surface area is 185 Å². The molecule has 2 heterocycles. The van der Waals surface area contributed by atoms with E-state index < -0.39 is 0 Å². The van der Waals surface area contributed by atoms with E-state index in [1.807, 2.05) is 83.8 Å². The molecule has 0 bridgehead atoms. The molecule has 0 spiro atoms. The summed E-state index contributed by atoms with van der Waals surface area (Å²) in [5.74, 6) is 0.210. The summed E-state index contributed by atoms with van der Waals surface area (Å²) in [6.07, 6.45) is 0.784. The number of carbonyl (C=O) groups excluding carboxylic acids is 2. The third-order valence-electron chi connectivity index (χ3n) is 5.59. The van der Waals surface area contributed by atoms with Gasteiger partial charge in [-0.05, 0) is 41.8 Å². The van der Waals surface area contributed by atoms with Crippen molar-refractivity contribution < 1.29 is 14.1 Å². The summed E-state index contributed by atoms with van der Waals surface area (Å²) < 4.78 is 5.33. The summed E-state index contributed by atoms with van der Waals surface area (Å²) in [4.78, 5) is 27.3. The molecular formula is C26H21N3O3. The molecule has 0 fully saturated rings. The molecule has 0 saturated heterocycles. The van der Waals surface area contributed by atoms with Gasteiger partial charge in [0, 0.05) is 36.0 Å². The monoisotopic (exact) mass is 423 g/mol. The third kappa shape index (κ3) is 4.03. The molecule has 0 unspecified atom stereocenters. The number of rotatable bonds is 4. The van der Waals surface area contributed by atoms with Gasteiger partial charge in [0.05, 0.1) is 0 Å². The lowest BCUT2D eigenvalue weighted by molar-refractivity contribution is 0.0734. The normalized spacial score (nSPS) is 12.8. The van der Waals surface area contributed by atoms with Crippen molar-refractivity contribution in [1.82, 2.24) is 10.1 Å². The molecule has 1 aromatic heterocycles. The molecule has 4 aromatic rings. The number of hydrogen-bond donors (Lipinski definition) is 1. The van der Waals surface area contributed by atoms with Gasteiger partial charge in [0.25, 0.3) is 11.8 Å². The van der Waals surface area contributed by atoms with E-state index in [0.717, 1.165) is 17.5 Å². The van der Waals surface area contributed by atoms with Crippen molar-refractivity contribution in [1.29, 1.82) is 0 Å². The molecule has 0 aliphatic carbocycles. The van der Waals surface area contributed by atoms with Gasteiger partial charge in [-0.2, -0.15) is 0 Å². The van der Waals surface area contributed by atoms with Gasteiger partial charge >= 0.3 is 0 Å². The van der Waals surface area contributed by atoms with E-state index in [1.165, 1.54) is 5.56 Å². The molecule has 0 saturated carbocycles. The van der Waals surface area contributed by atoms with Crippen LogP contribution >= 0.6 is 0 Å². The van der Waals surface area contributed by atoms with Gasteiger partial charge in [0.1, 0.15) is 0 Å². The van der Waals surface area contributed by atoms with E-state index in [0.29, 0.717) is 30.1 Å². The fraction of sp³-hybridized carbons (Fsp3) is 0.115. The first-order chi connectivity index (χ1) is 15.7. The molecule has 158 valence electrons. The minimum atomic E-state index is -0.344. The fourth-order valence-corrected chi connectivity index (χ4v) is 3.89. The van der Waals surface area contributed by atoms with Crippen LogP contribution in [0.15, 0.2) is 89.5 Å². The van der Waals surface area contributed by atoms with E-state index >= 15 is 0 Å². The van der Waals surface area contributed by atoms with Crippen LogP contribution in [-0.2, 0) is 13.0 Å². The number of anilines is 1. The highest BCUT2D eigenvalue weighted by molar-refractivity contribution is 6.03. The summed E-state index contributed by atoms with van der Waals surface area (Å²) >= 11 is 0. The van der Waals surface area contributed by atoms with Crippen LogP contribution in [-0.4, -0.2) is 28.4 Å². The fourth-order valence-electron chi connectivity index (χ4n) is 3.89. The molecule has 6 nitrogen and oxygen atoms in total. The van der Waals surface area contributed by atoms with Crippen LogP contribution < -0.4 is 5.32 Å². The standard InChI is InChI=1S/C26H21N3O3/c30-25(23-16-24(32-28-23)19-7-3-1-4-8-19)27-22-12-11-18-13-14-29(17-21(18)15-22)26(31)20-9-5-2-6-10-20/h1-12,15-16H,13-14,17H2,(H,27,30). The first-order valence-electron chi connectivity index (χ1n) is 10.5. The Kier molecular flexibility index (Phi) is 5.25. The van der Waals surface area contributed by atoms with E-state index in [-0.39, 0.29) is 17.5 Å². The molecule has 5 rings (SSSR count). The first kappa shape index (κ1) is 19.8. The minimum Gasteiger partial charge on any atom is -0.355 e. The molecule has 3 aromatic carbocycles. The van der Waals surface area contributed by atoms with E-state index in [9.17, 15) is 9.59 Å². The molecule has 32 heavy (non-hydrogen) atoms. The maximum atomic E-state index is 12.8. The van der Waals surface area contributed by atoms with Crippen LogP contribution in [0.4, 0.5) is 5.69 Å². The molecule has 6 heteroatoms. The van der Waals surface area contributed by atoms with Gasteiger partial charge in [0.2, 0.25) is 0 Å². The van der Waals surface area contributed by atoms with Gasteiger partial charge < -0.3 is 14.7 Å². The second kappa shape index (κ2) is 8.51. The zero-order valence-electron chi connectivity index (χ0n) is 17.3. The highest BCUT2D eigenvalue weighted by Gasteiger charge is 2.22. The molecule has 1 aliphatic heterocycles. The lowest BCUT2D eigenvalue weighted by Gasteiger charge is -2.29. The Morgan fingerprint density at radius 2 is 1.62 bits per heavy atom. The zero-order chi connectivity index (χ0) is 21.9. The minimum absolute atomic E-state index is 0.0155. The summed E-state index contributed by atoms with van der Waals surface area (Å²) in [5, 5.41) is 6.79. The van der Waals surface area contributed by atoms with E-state index in [2.05, 4.69) is 10.5 Å². The van der Waals surface area contributed by atoms with Gasteiger partial charge in [-0.1, -0.05) is 59.8 Å². The van der Waals surface area contributed by atoms with Crippen LogP contribution in [0.5, 0.6) is 0 Å². The van der Waals surface area contributed by atoms with Crippen molar-refractivity contribution in [3.8, 4) is 11.3 Å². The SMILES string of the molecule is O=C(Nc1ccc2c(c1)CN(C(=O)c1ccccc1)CC2)c1cc(-c2ccccc2)on1. The average molecular weight is 423 g/mol. The van der Waals surface area contributed by atoms with Crippen molar-refractivity contribution in [2.45, 2.75) is 13.0 Å². The largest absolute Gasteiger partial charge is 0.355 e. The van der Waals surface area contributed by atoms with Crippen LogP contribution in [0.1, 0.15) is 32.0 Å². The van der Waals surface area contributed by atoms with Crippen molar-refractivity contribution in [2.24, 2.45) is 0 Å². The summed E-state index contributed by atoms with van der Waals surface area (Å²) in [6.45, 7) is 1.18. The molecule has 0 radical (unpaired) electrons. The van der Waals surface area contributed by atoms with E-state index in [1.54, 1.807) is 6.07 Å². The van der Waals surface area contributed by atoms with E-state index in [4.69, 9.17) is 4.52 Å². The third-order valence-corrected chi connectivity index (χ3v) is 5.59. The number of aromatic nitrogens is 1. The number of nitrogens with zero attached hydrogens (tertiary/aromatic N) is 2. The van der Waals surface area contributed by atoms with Crippen molar-refractivity contribution in [3.63, 3.8) is 0 Å². The number of nitrogens with one attached hydrogen (secondary N) is 1. The van der Waals surface area contributed by atoms with Crippen LogP contribution in [0, 0.1) is 0 Å². The number of amides is 2. The molecule has 2 amide bonds. The van der Waals surface area contributed by atoms with Gasteiger partial charge in [0.15, 0.2) is 11.5 Å².